The maximum atomic E-state index is 5.37. The summed E-state index contributed by atoms with van der Waals surface area (Å²) in [6.45, 7) is 7.23. The van der Waals surface area contributed by atoms with Gasteiger partial charge in [0.05, 0.1) is 27.0 Å². The van der Waals surface area contributed by atoms with Crippen LogP contribution < -0.4 is 19.5 Å². The largest absolute Gasteiger partial charge is 0.491 e. The van der Waals surface area contributed by atoms with Gasteiger partial charge in [0.15, 0.2) is 5.75 Å². The van der Waals surface area contributed by atoms with Gasteiger partial charge in [-0.1, -0.05) is 0 Å². The molecule has 0 amide bonds. The Balaban J connectivity index is 1.62. The molecule has 0 aliphatic carbocycles. The average molecular weight is 401 g/mol. The number of nitrogens with zero attached hydrogens (tertiary/aromatic N) is 3. The predicted octanol–water partition coefficient (Wildman–Crippen LogP) is 3.70. The third kappa shape index (κ3) is 5.29. The number of anilines is 1. The Morgan fingerprint density at radius 2 is 1.97 bits per heavy atom. The van der Waals surface area contributed by atoms with Crippen LogP contribution in [0.3, 0.4) is 0 Å². The summed E-state index contributed by atoms with van der Waals surface area (Å²) in [7, 11) is 4.90. The van der Waals surface area contributed by atoms with Crippen molar-refractivity contribution in [1.82, 2.24) is 14.9 Å². The van der Waals surface area contributed by atoms with Gasteiger partial charge in [0.2, 0.25) is 5.88 Å². The molecule has 1 aliphatic heterocycles. The Hall–Kier alpha value is -2.54. The second-order valence-corrected chi connectivity index (χ2v) is 7.55. The molecular weight excluding hydrogens is 368 g/mol. The molecule has 1 aliphatic rings. The monoisotopic (exact) mass is 400 g/mol. The molecule has 1 fully saturated rings. The van der Waals surface area contributed by atoms with E-state index in [1.165, 1.54) is 12.8 Å². The van der Waals surface area contributed by atoms with Crippen molar-refractivity contribution >= 4 is 5.69 Å². The van der Waals surface area contributed by atoms with Crippen molar-refractivity contribution in [3.63, 3.8) is 0 Å². The Morgan fingerprint density at radius 1 is 1.14 bits per heavy atom. The van der Waals surface area contributed by atoms with Crippen LogP contribution >= 0.6 is 0 Å². The van der Waals surface area contributed by atoms with Crippen LogP contribution in [0.25, 0.3) is 0 Å². The molecule has 0 bridgehead atoms. The SMILES string of the molecule is COc1cc(NCC2CCCN(C(C)c3ccc(OC)c(OC)n3)C2)cc(C)n1. The van der Waals surface area contributed by atoms with Crippen molar-refractivity contribution in [3.8, 4) is 17.5 Å². The Bertz CT molecular complexity index is 815. The topological polar surface area (TPSA) is 68.7 Å². The second kappa shape index (κ2) is 9.78. The first-order chi connectivity index (χ1) is 14.0. The standard InChI is InChI=1S/C22H32N4O3/c1-15-11-18(12-21(24-15)28-4)23-13-17-7-6-10-26(14-17)16(2)19-8-9-20(27-3)22(25-19)29-5/h8-9,11-12,16-17H,6-7,10,13-14H2,1-5H3,(H,23,24). The van der Waals surface area contributed by atoms with E-state index in [2.05, 4.69) is 33.2 Å². The summed E-state index contributed by atoms with van der Waals surface area (Å²) in [4.78, 5) is 11.5. The van der Waals surface area contributed by atoms with Crippen LogP contribution in [0.5, 0.6) is 17.5 Å². The zero-order valence-corrected chi connectivity index (χ0v) is 18.1. The Labute approximate surface area is 173 Å². The van der Waals surface area contributed by atoms with Crippen molar-refractivity contribution in [2.75, 3.05) is 46.3 Å². The highest BCUT2D eigenvalue weighted by atomic mass is 16.5. The van der Waals surface area contributed by atoms with E-state index in [-0.39, 0.29) is 6.04 Å². The van der Waals surface area contributed by atoms with Gasteiger partial charge in [0.25, 0.3) is 5.88 Å². The first kappa shape index (κ1) is 21.2. The van der Waals surface area contributed by atoms with Crippen molar-refractivity contribution < 1.29 is 14.2 Å². The fourth-order valence-electron chi connectivity index (χ4n) is 3.89. The predicted molar refractivity (Wildman–Crippen MR) is 114 cm³/mol. The normalized spacial score (nSPS) is 18.2. The summed E-state index contributed by atoms with van der Waals surface area (Å²) in [5.74, 6) is 2.41. The van der Waals surface area contributed by atoms with Crippen LogP contribution in [0, 0.1) is 12.8 Å². The van der Waals surface area contributed by atoms with Gasteiger partial charge in [-0.05, 0) is 57.4 Å². The van der Waals surface area contributed by atoms with E-state index in [0.717, 1.165) is 36.7 Å². The molecule has 2 aromatic heterocycles. The zero-order chi connectivity index (χ0) is 20.8. The lowest BCUT2D eigenvalue weighted by Crippen LogP contribution is -2.39. The summed E-state index contributed by atoms with van der Waals surface area (Å²) in [6.07, 6.45) is 2.40. The first-order valence-corrected chi connectivity index (χ1v) is 10.1. The molecule has 0 radical (unpaired) electrons. The summed E-state index contributed by atoms with van der Waals surface area (Å²) < 4.78 is 16.0. The molecular formula is C22H32N4O3. The van der Waals surface area contributed by atoms with Crippen LogP contribution in [0.1, 0.15) is 37.2 Å². The molecule has 0 aromatic carbocycles. The zero-order valence-electron chi connectivity index (χ0n) is 18.1. The van der Waals surface area contributed by atoms with E-state index in [1.807, 2.05) is 25.1 Å². The minimum atomic E-state index is 0.223. The molecule has 3 heterocycles. The van der Waals surface area contributed by atoms with Crippen LogP contribution in [0.15, 0.2) is 24.3 Å². The maximum absolute atomic E-state index is 5.37. The molecule has 3 rings (SSSR count). The smallest absolute Gasteiger partial charge is 0.257 e. The van der Waals surface area contributed by atoms with Gasteiger partial charge >= 0.3 is 0 Å². The van der Waals surface area contributed by atoms with Crippen LogP contribution in [-0.2, 0) is 0 Å². The molecule has 2 unspecified atom stereocenters. The van der Waals surface area contributed by atoms with Gasteiger partial charge in [0, 0.05) is 36.6 Å². The second-order valence-electron chi connectivity index (χ2n) is 7.55. The Morgan fingerprint density at radius 3 is 2.69 bits per heavy atom. The number of nitrogens with one attached hydrogen (secondary N) is 1. The van der Waals surface area contributed by atoms with Crippen LogP contribution in [0.4, 0.5) is 5.69 Å². The third-order valence-corrected chi connectivity index (χ3v) is 5.52. The number of rotatable bonds is 8. The lowest BCUT2D eigenvalue weighted by molar-refractivity contribution is 0.133. The molecule has 2 atom stereocenters. The molecule has 7 heteroatoms. The van der Waals surface area contributed by atoms with Gasteiger partial charge < -0.3 is 19.5 Å². The van der Waals surface area contributed by atoms with Crippen molar-refractivity contribution in [2.24, 2.45) is 5.92 Å². The molecule has 1 N–H and O–H groups in total. The minimum Gasteiger partial charge on any atom is -0.491 e. The number of pyridine rings is 2. The van der Waals surface area contributed by atoms with E-state index >= 15 is 0 Å². The number of hydrogen-bond acceptors (Lipinski definition) is 7. The number of hydrogen-bond donors (Lipinski definition) is 1. The molecule has 29 heavy (non-hydrogen) atoms. The third-order valence-electron chi connectivity index (χ3n) is 5.52. The van der Waals surface area contributed by atoms with Crippen molar-refractivity contribution in [2.45, 2.75) is 32.7 Å². The maximum Gasteiger partial charge on any atom is 0.257 e. The molecule has 7 nitrogen and oxygen atoms in total. The number of likely N-dealkylation sites (tertiary alicyclic amines) is 1. The summed E-state index contributed by atoms with van der Waals surface area (Å²) in [5, 5.41) is 3.56. The number of aryl methyl sites for hydroxylation is 1. The molecule has 2 aromatic rings. The molecule has 0 saturated carbocycles. The van der Waals surface area contributed by atoms with Gasteiger partial charge in [-0.3, -0.25) is 4.90 Å². The summed E-state index contributed by atoms with van der Waals surface area (Å²) in [5.41, 5.74) is 3.01. The number of ether oxygens (including phenoxy) is 3. The number of methoxy groups -OCH3 is 3. The van der Waals surface area contributed by atoms with Crippen LogP contribution in [-0.4, -0.2) is 55.8 Å². The average Bonchev–Trinajstić information content (AvgIpc) is 2.76. The minimum absolute atomic E-state index is 0.223. The van der Waals surface area contributed by atoms with E-state index in [9.17, 15) is 0 Å². The highest BCUT2D eigenvalue weighted by molar-refractivity contribution is 5.47. The molecule has 0 spiro atoms. The lowest BCUT2D eigenvalue weighted by Gasteiger charge is -2.36. The van der Waals surface area contributed by atoms with Gasteiger partial charge in [-0.2, -0.15) is 0 Å². The van der Waals surface area contributed by atoms with E-state index in [4.69, 9.17) is 14.2 Å². The first-order valence-electron chi connectivity index (χ1n) is 10.1. The lowest BCUT2D eigenvalue weighted by atomic mass is 9.96. The van der Waals surface area contributed by atoms with Gasteiger partial charge in [-0.25, -0.2) is 9.97 Å². The van der Waals surface area contributed by atoms with Gasteiger partial charge in [0.1, 0.15) is 0 Å². The molecule has 158 valence electrons. The highest BCUT2D eigenvalue weighted by Gasteiger charge is 2.25. The summed E-state index contributed by atoms with van der Waals surface area (Å²) in [6, 6.07) is 8.18. The van der Waals surface area contributed by atoms with Crippen LogP contribution in [0.2, 0.25) is 0 Å². The fourth-order valence-corrected chi connectivity index (χ4v) is 3.89. The fraction of sp³-hybridized carbons (Fsp3) is 0.545. The molecule has 1 saturated heterocycles. The number of piperidine rings is 1. The van der Waals surface area contributed by atoms with Gasteiger partial charge in [-0.15, -0.1) is 0 Å². The van der Waals surface area contributed by atoms with E-state index < -0.39 is 0 Å². The van der Waals surface area contributed by atoms with E-state index in [0.29, 0.717) is 23.4 Å². The van der Waals surface area contributed by atoms with E-state index in [1.54, 1.807) is 21.3 Å². The van der Waals surface area contributed by atoms with Crippen molar-refractivity contribution in [3.05, 3.63) is 35.7 Å². The quantitative estimate of drug-likeness (QED) is 0.725. The highest BCUT2D eigenvalue weighted by Crippen LogP contribution is 2.30. The summed E-state index contributed by atoms with van der Waals surface area (Å²) >= 11 is 0. The Kier molecular flexibility index (Phi) is 7.14. The van der Waals surface area contributed by atoms with Crippen molar-refractivity contribution in [1.29, 1.82) is 0 Å². The number of aromatic nitrogens is 2.